The number of allylic oxidation sites excluding steroid dienone is 18. The maximum absolute atomic E-state index is 12.8. The van der Waals surface area contributed by atoms with Crippen LogP contribution in [0.25, 0.3) is 0 Å². The van der Waals surface area contributed by atoms with Crippen molar-refractivity contribution in [2.24, 2.45) is 0 Å². The van der Waals surface area contributed by atoms with Gasteiger partial charge in [0.15, 0.2) is 6.10 Å². The Balaban J connectivity index is 4.50. The SMILES string of the molecule is CC\C=C/C=C\C=C/C=C\C=C/CCCCCC(=O)OCC(COC(=O)CCCCCCC/C=C\C=C/CCCCCCCCC)OC(=O)CCCCCCCCC/C=C\C/C=C\CCCCC. The summed E-state index contributed by atoms with van der Waals surface area (Å²) in [4.78, 5) is 38.1. The fraction of sp³-hybridized carbons (Fsp3) is 0.661. The molecular formula is C62H102O6. The first-order valence-electron chi connectivity index (χ1n) is 28.0. The third-order valence-electron chi connectivity index (χ3n) is 11.6. The Labute approximate surface area is 419 Å². The Morgan fingerprint density at radius 2 is 0.632 bits per heavy atom. The van der Waals surface area contributed by atoms with Crippen LogP contribution in [0.5, 0.6) is 0 Å². The third-order valence-corrected chi connectivity index (χ3v) is 11.6. The topological polar surface area (TPSA) is 78.9 Å². The first kappa shape index (κ1) is 64.1. The lowest BCUT2D eigenvalue weighted by atomic mass is 10.1. The summed E-state index contributed by atoms with van der Waals surface area (Å²) in [5, 5.41) is 0. The van der Waals surface area contributed by atoms with E-state index in [-0.39, 0.29) is 31.1 Å². The molecule has 0 bridgehead atoms. The number of esters is 3. The molecule has 1 unspecified atom stereocenters. The lowest BCUT2D eigenvalue weighted by Gasteiger charge is -2.18. The van der Waals surface area contributed by atoms with Gasteiger partial charge in [-0.3, -0.25) is 14.4 Å². The van der Waals surface area contributed by atoms with Crippen LogP contribution >= 0.6 is 0 Å². The van der Waals surface area contributed by atoms with Crippen LogP contribution < -0.4 is 0 Å². The van der Waals surface area contributed by atoms with Gasteiger partial charge in [0.25, 0.3) is 0 Å². The smallest absolute Gasteiger partial charge is 0.306 e. The van der Waals surface area contributed by atoms with E-state index in [1.165, 1.54) is 103 Å². The maximum Gasteiger partial charge on any atom is 0.306 e. The van der Waals surface area contributed by atoms with Crippen molar-refractivity contribution in [1.29, 1.82) is 0 Å². The number of ether oxygens (including phenoxy) is 3. The van der Waals surface area contributed by atoms with Gasteiger partial charge < -0.3 is 14.2 Å². The van der Waals surface area contributed by atoms with Crippen molar-refractivity contribution in [3.8, 4) is 0 Å². The normalized spacial score (nSPS) is 12.9. The van der Waals surface area contributed by atoms with E-state index in [1.54, 1.807) is 0 Å². The van der Waals surface area contributed by atoms with Crippen molar-refractivity contribution in [2.75, 3.05) is 13.2 Å². The van der Waals surface area contributed by atoms with E-state index in [4.69, 9.17) is 14.2 Å². The molecule has 0 amide bonds. The van der Waals surface area contributed by atoms with Crippen LogP contribution in [0, 0.1) is 0 Å². The molecule has 0 rings (SSSR count). The summed E-state index contributed by atoms with van der Waals surface area (Å²) >= 11 is 0. The van der Waals surface area contributed by atoms with Gasteiger partial charge in [-0.2, -0.15) is 0 Å². The second-order valence-electron chi connectivity index (χ2n) is 18.3. The zero-order valence-electron chi connectivity index (χ0n) is 44.1. The Kier molecular flexibility index (Phi) is 52.4. The second-order valence-corrected chi connectivity index (χ2v) is 18.3. The largest absolute Gasteiger partial charge is 0.462 e. The lowest BCUT2D eigenvalue weighted by Crippen LogP contribution is -2.30. The van der Waals surface area contributed by atoms with E-state index in [1.807, 2.05) is 48.6 Å². The van der Waals surface area contributed by atoms with Gasteiger partial charge in [0, 0.05) is 19.3 Å². The molecule has 1 atom stereocenters. The summed E-state index contributed by atoms with van der Waals surface area (Å²) in [5.74, 6) is -0.970. The van der Waals surface area contributed by atoms with Crippen LogP contribution in [0.4, 0.5) is 0 Å². The summed E-state index contributed by atoms with van der Waals surface area (Å²) in [6.07, 6.45) is 75.0. The summed E-state index contributed by atoms with van der Waals surface area (Å²) in [7, 11) is 0. The molecule has 0 fully saturated rings. The first-order valence-corrected chi connectivity index (χ1v) is 28.0. The van der Waals surface area contributed by atoms with Gasteiger partial charge in [-0.1, -0.05) is 239 Å². The van der Waals surface area contributed by atoms with Crippen LogP contribution in [0.2, 0.25) is 0 Å². The molecule has 0 aliphatic carbocycles. The van der Waals surface area contributed by atoms with Crippen molar-refractivity contribution in [3.63, 3.8) is 0 Å². The predicted molar refractivity (Wildman–Crippen MR) is 293 cm³/mol. The average Bonchev–Trinajstić information content (AvgIpc) is 3.34. The van der Waals surface area contributed by atoms with E-state index in [2.05, 4.69) is 81.5 Å². The summed E-state index contributed by atoms with van der Waals surface area (Å²) in [5.41, 5.74) is 0. The minimum atomic E-state index is -0.809. The quantitative estimate of drug-likeness (QED) is 0.0199. The summed E-state index contributed by atoms with van der Waals surface area (Å²) in [6, 6.07) is 0. The van der Waals surface area contributed by atoms with E-state index in [0.717, 1.165) is 103 Å². The van der Waals surface area contributed by atoms with Gasteiger partial charge in [0.2, 0.25) is 0 Å². The van der Waals surface area contributed by atoms with E-state index in [9.17, 15) is 14.4 Å². The molecule has 0 saturated heterocycles. The molecule has 6 heteroatoms. The molecule has 0 spiro atoms. The zero-order chi connectivity index (χ0) is 49.3. The minimum Gasteiger partial charge on any atom is -0.462 e. The number of carbonyl (C=O) groups excluding carboxylic acids is 3. The monoisotopic (exact) mass is 943 g/mol. The Morgan fingerprint density at radius 3 is 1.07 bits per heavy atom. The Bertz CT molecular complexity index is 1410. The number of hydrogen-bond donors (Lipinski definition) is 0. The fourth-order valence-corrected chi connectivity index (χ4v) is 7.42. The lowest BCUT2D eigenvalue weighted by molar-refractivity contribution is -0.167. The van der Waals surface area contributed by atoms with E-state index < -0.39 is 6.10 Å². The molecule has 0 saturated carbocycles. The minimum absolute atomic E-state index is 0.105. The molecule has 0 aromatic heterocycles. The van der Waals surface area contributed by atoms with Crippen molar-refractivity contribution in [2.45, 2.75) is 252 Å². The first-order chi connectivity index (χ1) is 33.5. The van der Waals surface area contributed by atoms with Crippen LogP contribution in [0.3, 0.4) is 0 Å². The highest BCUT2D eigenvalue weighted by Gasteiger charge is 2.19. The molecule has 0 heterocycles. The predicted octanol–water partition coefficient (Wildman–Crippen LogP) is 18.7. The standard InChI is InChI=1S/C62H102O6/c1-4-7-10-13-16-19-22-25-28-30-32-34-37-40-43-46-49-52-55-61(64)67-58-59(57-66-60(63)54-51-48-45-42-39-36-33-27-24-21-18-15-12-9-6-3)68-62(65)56-53-50-47-44-41-38-35-31-29-26-23-20-17-14-11-8-5-2/h9,12,15,17-18,20-21,24,26-30,32-34,36,39,59H,4-8,10-11,13-14,16,19,22-23,25,31,35,37-38,40-58H2,1-3H3/b12-9-,18-15-,20-17-,24-21-,29-26-,30-28-,33-27-,34-32-,39-36-. The van der Waals surface area contributed by atoms with Crippen molar-refractivity contribution < 1.29 is 28.6 Å². The molecule has 0 aromatic carbocycles. The van der Waals surface area contributed by atoms with Gasteiger partial charge in [-0.15, -0.1) is 0 Å². The van der Waals surface area contributed by atoms with E-state index >= 15 is 0 Å². The molecule has 0 radical (unpaired) electrons. The number of hydrogen-bond acceptors (Lipinski definition) is 6. The second kappa shape index (κ2) is 55.7. The number of unbranched alkanes of at least 4 members (excludes halogenated alkanes) is 25. The highest BCUT2D eigenvalue weighted by Crippen LogP contribution is 2.14. The van der Waals surface area contributed by atoms with Crippen molar-refractivity contribution in [3.05, 3.63) is 109 Å². The molecule has 6 nitrogen and oxygen atoms in total. The Hall–Kier alpha value is -3.93. The van der Waals surface area contributed by atoms with Crippen LogP contribution in [0.15, 0.2) is 109 Å². The highest BCUT2D eigenvalue weighted by molar-refractivity contribution is 5.71. The van der Waals surface area contributed by atoms with Crippen molar-refractivity contribution >= 4 is 17.9 Å². The van der Waals surface area contributed by atoms with Gasteiger partial charge in [-0.25, -0.2) is 0 Å². The van der Waals surface area contributed by atoms with Crippen LogP contribution in [0.1, 0.15) is 245 Å². The molecular weight excluding hydrogens is 841 g/mol. The van der Waals surface area contributed by atoms with Crippen molar-refractivity contribution in [1.82, 2.24) is 0 Å². The number of rotatable bonds is 49. The van der Waals surface area contributed by atoms with Gasteiger partial charge in [-0.05, 0) is 96.3 Å². The highest BCUT2D eigenvalue weighted by atomic mass is 16.6. The van der Waals surface area contributed by atoms with E-state index in [0.29, 0.717) is 19.3 Å². The molecule has 0 aliphatic rings. The van der Waals surface area contributed by atoms with Gasteiger partial charge >= 0.3 is 17.9 Å². The molecule has 0 aliphatic heterocycles. The molecule has 386 valence electrons. The zero-order valence-corrected chi connectivity index (χ0v) is 44.1. The number of carbonyl (C=O) groups is 3. The van der Waals surface area contributed by atoms with Crippen LogP contribution in [-0.4, -0.2) is 37.2 Å². The third kappa shape index (κ3) is 53.0. The van der Waals surface area contributed by atoms with Gasteiger partial charge in [0.05, 0.1) is 0 Å². The van der Waals surface area contributed by atoms with Crippen LogP contribution in [-0.2, 0) is 28.6 Å². The Morgan fingerprint density at radius 1 is 0.324 bits per heavy atom. The average molecular weight is 943 g/mol. The molecule has 68 heavy (non-hydrogen) atoms. The summed E-state index contributed by atoms with van der Waals surface area (Å²) < 4.78 is 16.8. The maximum atomic E-state index is 12.8. The molecule has 0 N–H and O–H groups in total. The summed E-state index contributed by atoms with van der Waals surface area (Å²) in [6.45, 7) is 6.41. The fourth-order valence-electron chi connectivity index (χ4n) is 7.42. The molecule has 0 aromatic rings. The van der Waals surface area contributed by atoms with Gasteiger partial charge in [0.1, 0.15) is 13.2 Å².